The maximum atomic E-state index is 11.5. The van der Waals surface area contributed by atoms with Crippen LogP contribution in [0.25, 0.3) is 0 Å². The van der Waals surface area contributed by atoms with Gasteiger partial charge in [-0.1, -0.05) is 0 Å². The highest BCUT2D eigenvalue weighted by Gasteiger charge is 2.10. The van der Waals surface area contributed by atoms with E-state index in [2.05, 4.69) is 10.4 Å². The van der Waals surface area contributed by atoms with Crippen LogP contribution in [0.5, 0.6) is 0 Å². The maximum absolute atomic E-state index is 11.5. The molecule has 102 valence electrons. The first-order chi connectivity index (χ1) is 8.90. The molecule has 1 aromatic rings. The van der Waals surface area contributed by atoms with Crippen LogP contribution >= 0.6 is 0 Å². The number of hydrogen-bond acceptors (Lipinski definition) is 4. The minimum atomic E-state index is -1.27. The van der Waals surface area contributed by atoms with Crippen LogP contribution in [-0.4, -0.2) is 32.8 Å². The Balaban J connectivity index is 2.58. The van der Waals surface area contributed by atoms with Gasteiger partial charge in [-0.25, -0.2) is 14.3 Å². The summed E-state index contributed by atoms with van der Waals surface area (Å²) in [5, 5.41) is 16.7. The molecule has 0 fully saturated rings. The van der Waals surface area contributed by atoms with Crippen LogP contribution in [0.3, 0.4) is 0 Å². The van der Waals surface area contributed by atoms with Gasteiger partial charge in [0.25, 0.3) is 5.91 Å². The number of imide groups is 1. The van der Waals surface area contributed by atoms with Crippen LogP contribution < -0.4 is 10.6 Å². The van der Waals surface area contributed by atoms with Crippen molar-refractivity contribution < 1.29 is 19.5 Å². The number of urea groups is 1. The molecule has 3 N–H and O–H groups in total. The van der Waals surface area contributed by atoms with Crippen LogP contribution in [0, 0.1) is 0 Å². The molecule has 0 aromatic carbocycles. The van der Waals surface area contributed by atoms with Crippen molar-refractivity contribution in [2.75, 3.05) is 5.32 Å². The van der Waals surface area contributed by atoms with Crippen molar-refractivity contribution in [1.82, 2.24) is 15.1 Å². The molecule has 0 radical (unpaired) electrons. The molecule has 0 saturated heterocycles. The number of carbonyl (C=O) groups is 3. The lowest BCUT2D eigenvalue weighted by Gasteiger charge is -2.11. The monoisotopic (exact) mass is 266 g/mol. The highest BCUT2D eigenvalue weighted by Crippen LogP contribution is 2.12. The van der Waals surface area contributed by atoms with Crippen molar-refractivity contribution in [3.63, 3.8) is 0 Å². The second-order valence-electron chi connectivity index (χ2n) is 3.87. The van der Waals surface area contributed by atoms with Crippen LogP contribution in [0.15, 0.2) is 24.4 Å². The Morgan fingerprint density at radius 2 is 2.05 bits per heavy atom. The summed E-state index contributed by atoms with van der Waals surface area (Å²) >= 11 is 0. The fourth-order valence-electron chi connectivity index (χ4n) is 1.27. The van der Waals surface area contributed by atoms with Gasteiger partial charge in [0.1, 0.15) is 5.82 Å². The van der Waals surface area contributed by atoms with Crippen LogP contribution in [-0.2, 0) is 9.59 Å². The standard InChI is InChI=1S/C11H14N4O4/c1-7(2)15-8(5-6-12-15)13-11(19)14-9(16)3-4-10(17)18/h3-7H,1-2H3,(H,17,18)(H2,13,14,16,19)/b4-3+. The lowest BCUT2D eigenvalue weighted by Crippen LogP contribution is -2.34. The first kappa shape index (κ1) is 14.4. The van der Waals surface area contributed by atoms with Gasteiger partial charge in [-0.05, 0) is 13.8 Å². The number of aromatic nitrogens is 2. The fourth-order valence-corrected chi connectivity index (χ4v) is 1.27. The second-order valence-corrected chi connectivity index (χ2v) is 3.87. The molecule has 8 heteroatoms. The molecule has 0 saturated carbocycles. The largest absolute Gasteiger partial charge is 0.478 e. The van der Waals surface area contributed by atoms with Crippen LogP contribution in [0.2, 0.25) is 0 Å². The number of aliphatic carboxylic acids is 1. The van der Waals surface area contributed by atoms with Crippen molar-refractivity contribution in [3.05, 3.63) is 24.4 Å². The van der Waals surface area contributed by atoms with E-state index in [-0.39, 0.29) is 6.04 Å². The predicted molar refractivity (Wildman–Crippen MR) is 66.5 cm³/mol. The number of carbonyl (C=O) groups excluding carboxylic acids is 2. The maximum Gasteiger partial charge on any atom is 0.328 e. The van der Waals surface area contributed by atoms with Gasteiger partial charge >= 0.3 is 12.0 Å². The Kier molecular flexibility index (Phi) is 4.81. The Morgan fingerprint density at radius 3 is 2.63 bits per heavy atom. The number of carboxylic acid groups (broad SMARTS) is 1. The number of hydrogen-bond donors (Lipinski definition) is 3. The lowest BCUT2D eigenvalue weighted by molar-refractivity contribution is -0.131. The summed E-state index contributed by atoms with van der Waals surface area (Å²) in [5.41, 5.74) is 0. The molecule has 0 aliphatic rings. The van der Waals surface area contributed by atoms with E-state index in [0.29, 0.717) is 11.9 Å². The third-order valence-corrected chi connectivity index (χ3v) is 2.02. The van der Waals surface area contributed by atoms with Gasteiger partial charge in [0.15, 0.2) is 0 Å². The molecule has 0 bridgehead atoms. The van der Waals surface area contributed by atoms with Gasteiger partial charge in [0.2, 0.25) is 0 Å². The first-order valence-corrected chi connectivity index (χ1v) is 5.46. The number of anilines is 1. The molecule has 1 heterocycles. The average Bonchev–Trinajstić information content (AvgIpc) is 2.74. The van der Waals surface area contributed by atoms with E-state index < -0.39 is 17.9 Å². The smallest absolute Gasteiger partial charge is 0.328 e. The molecule has 0 spiro atoms. The van der Waals surface area contributed by atoms with Crippen LogP contribution in [0.4, 0.5) is 10.6 Å². The average molecular weight is 266 g/mol. The first-order valence-electron chi connectivity index (χ1n) is 5.46. The molecule has 19 heavy (non-hydrogen) atoms. The van der Waals surface area contributed by atoms with E-state index in [4.69, 9.17) is 5.11 Å². The quantitative estimate of drug-likeness (QED) is 0.696. The molecule has 0 aliphatic heterocycles. The minimum absolute atomic E-state index is 0.0490. The second kappa shape index (κ2) is 6.34. The zero-order chi connectivity index (χ0) is 14.4. The number of amides is 3. The van der Waals surface area contributed by atoms with E-state index >= 15 is 0 Å². The van der Waals surface area contributed by atoms with Crippen molar-refractivity contribution >= 4 is 23.7 Å². The number of rotatable bonds is 4. The van der Waals surface area contributed by atoms with Crippen LogP contribution in [0.1, 0.15) is 19.9 Å². The third kappa shape index (κ3) is 4.62. The van der Waals surface area contributed by atoms with Crippen molar-refractivity contribution in [2.45, 2.75) is 19.9 Å². The number of nitrogens with zero attached hydrogens (tertiary/aromatic N) is 2. The Bertz CT molecular complexity index is 519. The number of carboxylic acids is 1. The number of nitrogens with one attached hydrogen (secondary N) is 2. The van der Waals surface area contributed by atoms with Gasteiger partial charge in [-0.2, -0.15) is 5.10 Å². The van der Waals surface area contributed by atoms with Gasteiger partial charge in [-0.3, -0.25) is 15.4 Å². The summed E-state index contributed by atoms with van der Waals surface area (Å²) in [5.74, 6) is -1.66. The van der Waals surface area contributed by atoms with Gasteiger partial charge in [0, 0.05) is 24.3 Å². The van der Waals surface area contributed by atoms with Crippen molar-refractivity contribution in [3.8, 4) is 0 Å². The molecule has 0 unspecified atom stereocenters. The summed E-state index contributed by atoms with van der Waals surface area (Å²) < 4.78 is 1.57. The molecule has 1 rings (SSSR count). The van der Waals surface area contributed by atoms with E-state index in [1.54, 1.807) is 10.7 Å². The Labute approximate surface area is 109 Å². The molecule has 0 aliphatic carbocycles. The zero-order valence-corrected chi connectivity index (χ0v) is 10.5. The Hall–Kier alpha value is -2.64. The molecule has 1 aromatic heterocycles. The minimum Gasteiger partial charge on any atom is -0.478 e. The lowest BCUT2D eigenvalue weighted by atomic mass is 10.4. The summed E-state index contributed by atoms with van der Waals surface area (Å²) in [6.07, 6.45) is 2.91. The van der Waals surface area contributed by atoms with Gasteiger partial charge in [0.05, 0.1) is 6.20 Å². The van der Waals surface area contributed by atoms with Crippen molar-refractivity contribution in [2.24, 2.45) is 0 Å². The highest BCUT2D eigenvalue weighted by atomic mass is 16.4. The molecular formula is C11H14N4O4. The van der Waals surface area contributed by atoms with Gasteiger partial charge < -0.3 is 5.11 Å². The Morgan fingerprint density at radius 1 is 1.37 bits per heavy atom. The molecule has 3 amide bonds. The van der Waals surface area contributed by atoms with E-state index in [1.807, 2.05) is 19.2 Å². The summed E-state index contributed by atoms with van der Waals surface area (Å²) in [7, 11) is 0. The SMILES string of the molecule is CC(C)n1nccc1NC(=O)NC(=O)/C=C/C(=O)O. The molecule has 8 nitrogen and oxygen atoms in total. The molecular weight excluding hydrogens is 252 g/mol. The summed E-state index contributed by atoms with van der Waals surface area (Å²) in [6, 6.07) is 0.868. The summed E-state index contributed by atoms with van der Waals surface area (Å²) in [4.78, 5) is 32.8. The third-order valence-electron chi connectivity index (χ3n) is 2.02. The van der Waals surface area contributed by atoms with E-state index in [1.165, 1.54) is 6.20 Å². The van der Waals surface area contributed by atoms with Crippen molar-refractivity contribution in [1.29, 1.82) is 0 Å². The highest BCUT2D eigenvalue weighted by molar-refractivity contribution is 6.06. The predicted octanol–water partition coefficient (Wildman–Crippen LogP) is 0.753. The van der Waals surface area contributed by atoms with E-state index in [9.17, 15) is 14.4 Å². The summed E-state index contributed by atoms with van der Waals surface area (Å²) in [6.45, 7) is 3.77. The normalized spacial score (nSPS) is 10.7. The van der Waals surface area contributed by atoms with Gasteiger partial charge in [-0.15, -0.1) is 0 Å². The molecule has 0 atom stereocenters. The van der Waals surface area contributed by atoms with E-state index in [0.717, 1.165) is 6.08 Å². The zero-order valence-electron chi connectivity index (χ0n) is 10.5. The fraction of sp³-hybridized carbons (Fsp3) is 0.273. The topological polar surface area (TPSA) is 113 Å².